The molecule has 0 aliphatic carbocycles. The van der Waals surface area contributed by atoms with Gasteiger partial charge in [-0.25, -0.2) is 0 Å². The normalized spacial score (nSPS) is 20.2. The van der Waals surface area contributed by atoms with E-state index in [9.17, 15) is 4.79 Å². The Hall–Kier alpha value is -1.47. The second-order valence-corrected chi connectivity index (χ2v) is 4.02. The molecule has 7 nitrogen and oxygen atoms in total. The number of nitrogens with zero attached hydrogens (tertiary/aromatic N) is 3. The molecule has 2 heterocycles. The highest BCUT2D eigenvalue weighted by atomic mass is 16.5. The zero-order valence-electron chi connectivity index (χ0n) is 9.97. The Morgan fingerprint density at radius 3 is 3.06 bits per heavy atom. The van der Waals surface area contributed by atoms with Gasteiger partial charge in [0, 0.05) is 33.6 Å². The fraction of sp³-hybridized carbons (Fsp3) is 0.700. The van der Waals surface area contributed by atoms with Gasteiger partial charge in [-0.1, -0.05) is 5.16 Å². The third-order valence-electron chi connectivity index (χ3n) is 2.55. The van der Waals surface area contributed by atoms with Gasteiger partial charge in [0.05, 0.1) is 12.7 Å². The highest BCUT2D eigenvalue weighted by molar-refractivity contribution is 5.90. The highest BCUT2D eigenvalue weighted by Gasteiger charge is 2.22. The molecule has 0 radical (unpaired) electrons. The fourth-order valence-electron chi connectivity index (χ4n) is 1.68. The van der Waals surface area contributed by atoms with Crippen molar-refractivity contribution in [3.05, 3.63) is 11.7 Å². The summed E-state index contributed by atoms with van der Waals surface area (Å²) in [6.07, 6.45) is 0.0192. The van der Waals surface area contributed by atoms with E-state index in [4.69, 9.17) is 9.26 Å². The van der Waals surface area contributed by atoms with Crippen LogP contribution in [-0.2, 0) is 4.74 Å². The molecule has 94 valence electrons. The number of hydrogen-bond acceptors (Lipinski definition) is 6. The first-order valence-electron chi connectivity index (χ1n) is 5.55. The predicted molar refractivity (Wildman–Crippen MR) is 58.6 cm³/mol. The van der Waals surface area contributed by atoms with Gasteiger partial charge in [0.2, 0.25) is 5.89 Å². The van der Waals surface area contributed by atoms with Crippen molar-refractivity contribution in [3.8, 4) is 0 Å². The van der Waals surface area contributed by atoms with Gasteiger partial charge in [0.25, 0.3) is 11.7 Å². The lowest BCUT2D eigenvalue weighted by atomic mass is 10.3. The number of carbonyl (C=O) groups excluding carboxylic acids is 1. The molecule has 2 rings (SSSR count). The van der Waals surface area contributed by atoms with Gasteiger partial charge in [0.1, 0.15) is 0 Å². The average molecular weight is 240 g/mol. The van der Waals surface area contributed by atoms with Gasteiger partial charge in [-0.2, -0.15) is 4.98 Å². The van der Waals surface area contributed by atoms with E-state index in [-0.39, 0.29) is 17.8 Å². The van der Waals surface area contributed by atoms with Crippen molar-refractivity contribution >= 4 is 5.91 Å². The van der Waals surface area contributed by atoms with E-state index < -0.39 is 0 Å². The van der Waals surface area contributed by atoms with E-state index in [0.29, 0.717) is 19.0 Å². The highest BCUT2D eigenvalue weighted by Crippen LogP contribution is 2.03. The number of carbonyl (C=O) groups is 1. The minimum Gasteiger partial charge on any atom is -0.374 e. The molecule has 1 atom stereocenters. The third kappa shape index (κ3) is 3.01. The molecule has 1 aromatic rings. The maximum atomic E-state index is 11.9. The molecule has 1 aliphatic rings. The lowest BCUT2D eigenvalue weighted by Crippen LogP contribution is -2.45. The molecular formula is C10H16N4O3. The van der Waals surface area contributed by atoms with Gasteiger partial charge in [-0.05, 0) is 0 Å². The molecule has 0 bridgehead atoms. The van der Waals surface area contributed by atoms with Gasteiger partial charge in [0.15, 0.2) is 0 Å². The molecule has 0 spiro atoms. The lowest BCUT2D eigenvalue weighted by Gasteiger charge is -2.27. The van der Waals surface area contributed by atoms with E-state index >= 15 is 0 Å². The van der Waals surface area contributed by atoms with Crippen molar-refractivity contribution in [1.29, 1.82) is 0 Å². The number of morpholine rings is 1. The third-order valence-corrected chi connectivity index (χ3v) is 2.55. The van der Waals surface area contributed by atoms with Crippen LogP contribution in [0.3, 0.4) is 0 Å². The number of aromatic nitrogens is 2. The zero-order chi connectivity index (χ0) is 12.3. The Balaban J connectivity index is 1.90. The zero-order valence-corrected chi connectivity index (χ0v) is 9.97. The summed E-state index contributed by atoms with van der Waals surface area (Å²) in [4.78, 5) is 17.3. The predicted octanol–water partition coefficient (Wildman–Crippen LogP) is -0.562. The molecule has 0 aromatic carbocycles. The number of amides is 1. The quantitative estimate of drug-likeness (QED) is 0.762. The number of likely N-dealkylation sites (N-methyl/N-ethyl adjacent to an activating group) is 1. The number of rotatable bonds is 3. The van der Waals surface area contributed by atoms with Crippen LogP contribution in [0.15, 0.2) is 4.52 Å². The van der Waals surface area contributed by atoms with Gasteiger partial charge < -0.3 is 19.5 Å². The van der Waals surface area contributed by atoms with E-state index in [1.54, 1.807) is 18.9 Å². The van der Waals surface area contributed by atoms with Crippen molar-refractivity contribution in [1.82, 2.24) is 20.4 Å². The maximum absolute atomic E-state index is 11.9. The number of nitrogens with one attached hydrogen (secondary N) is 1. The second kappa shape index (κ2) is 5.24. The molecular weight excluding hydrogens is 224 g/mol. The van der Waals surface area contributed by atoms with Crippen molar-refractivity contribution in [2.45, 2.75) is 13.0 Å². The van der Waals surface area contributed by atoms with Gasteiger partial charge in [-0.3, -0.25) is 4.79 Å². The largest absolute Gasteiger partial charge is 0.374 e. The Morgan fingerprint density at radius 1 is 1.65 bits per heavy atom. The van der Waals surface area contributed by atoms with E-state index in [1.165, 1.54) is 0 Å². The molecule has 1 amide bonds. The molecule has 7 heteroatoms. The molecule has 0 saturated carbocycles. The Bertz CT molecular complexity index is 387. The van der Waals surface area contributed by atoms with Crippen molar-refractivity contribution in [2.75, 3.05) is 33.3 Å². The summed E-state index contributed by atoms with van der Waals surface area (Å²) in [7, 11) is 1.70. The number of ether oxygens (including phenoxy) is 1. The SMILES string of the molecule is Cc1nc(C(=O)N(C)CC2CNCCO2)no1. The van der Waals surface area contributed by atoms with E-state index in [0.717, 1.165) is 13.1 Å². The summed E-state index contributed by atoms with van der Waals surface area (Å²) in [5, 5.41) is 6.81. The van der Waals surface area contributed by atoms with Crippen LogP contribution in [0, 0.1) is 6.92 Å². The smallest absolute Gasteiger partial charge is 0.295 e. The summed E-state index contributed by atoms with van der Waals surface area (Å²) in [6.45, 7) is 4.45. The lowest BCUT2D eigenvalue weighted by molar-refractivity contribution is 0.0100. The van der Waals surface area contributed by atoms with Crippen LogP contribution in [0.5, 0.6) is 0 Å². The first-order valence-corrected chi connectivity index (χ1v) is 5.55. The van der Waals surface area contributed by atoms with Crippen LogP contribution in [0.4, 0.5) is 0 Å². The van der Waals surface area contributed by atoms with Gasteiger partial charge >= 0.3 is 0 Å². The molecule has 1 aliphatic heterocycles. The summed E-state index contributed by atoms with van der Waals surface area (Å²) >= 11 is 0. The molecule has 17 heavy (non-hydrogen) atoms. The van der Waals surface area contributed by atoms with Crippen LogP contribution in [0.1, 0.15) is 16.5 Å². The second-order valence-electron chi connectivity index (χ2n) is 4.02. The molecule has 1 aromatic heterocycles. The summed E-state index contributed by atoms with van der Waals surface area (Å²) in [6, 6.07) is 0. The van der Waals surface area contributed by atoms with Crippen molar-refractivity contribution in [2.24, 2.45) is 0 Å². The minimum atomic E-state index is -0.254. The summed E-state index contributed by atoms with van der Waals surface area (Å²) < 4.78 is 10.3. The van der Waals surface area contributed by atoms with Gasteiger partial charge in [-0.15, -0.1) is 0 Å². The topological polar surface area (TPSA) is 80.5 Å². The van der Waals surface area contributed by atoms with Crippen molar-refractivity contribution in [3.63, 3.8) is 0 Å². The van der Waals surface area contributed by atoms with E-state index in [2.05, 4.69) is 15.5 Å². The molecule has 1 N–H and O–H groups in total. The van der Waals surface area contributed by atoms with Crippen LogP contribution < -0.4 is 5.32 Å². The number of hydrogen-bond donors (Lipinski definition) is 1. The monoisotopic (exact) mass is 240 g/mol. The van der Waals surface area contributed by atoms with Crippen LogP contribution in [-0.4, -0.2) is 60.3 Å². The van der Waals surface area contributed by atoms with Crippen LogP contribution >= 0.6 is 0 Å². The summed E-state index contributed by atoms with van der Waals surface area (Å²) in [5.41, 5.74) is 0. The Labute approximate surface area is 99.1 Å². The minimum absolute atomic E-state index is 0.0192. The first-order chi connectivity index (χ1) is 8.16. The van der Waals surface area contributed by atoms with Crippen LogP contribution in [0.25, 0.3) is 0 Å². The van der Waals surface area contributed by atoms with Crippen LogP contribution in [0.2, 0.25) is 0 Å². The summed E-state index contributed by atoms with van der Waals surface area (Å²) in [5.74, 6) is 0.224. The van der Waals surface area contributed by atoms with Crippen molar-refractivity contribution < 1.29 is 14.1 Å². The Morgan fingerprint density at radius 2 is 2.47 bits per heavy atom. The number of aryl methyl sites for hydroxylation is 1. The van der Waals surface area contributed by atoms with E-state index in [1.807, 2.05) is 0 Å². The fourth-order valence-corrected chi connectivity index (χ4v) is 1.68. The first kappa shape index (κ1) is 12.0. The molecule has 1 fully saturated rings. The molecule has 1 saturated heterocycles. The average Bonchev–Trinajstić information content (AvgIpc) is 2.76. The standard InChI is InChI=1S/C10H16N4O3/c1-7-12-9(13-17-7)10(15)14(2)6-8-5-11-3-4-16-8/h8,11H,3-6H2,1-2H3. The molecule has 1 unspecified atom stereocenters. The maximum Gasteiger partial charge on any atom is 0.295 e. The Kier molecular flexibility index (Phi) is 3.70.